The van der Waals surface area contributed by atoms with Crippen molar-refractivity contribution in [3.63, 3.8) is 0 Å². The molecule has 116 valence electrons. The molecule has 8 nitrogen and oxygen atoms in total. The smallest absolute Gasteiger partial charge is 0.275 e. The van der Waals surface area contributed by atoms with Gasteiger partial charge < -0.3 is 10.1 Å². The molecule has 1 aromatic carbocycles. The Hall–Kier alpha value is -2.90. The molecule has 22 heavy (non-hydrogen) atoms. The van der Waals surface area contributed by atoms with Crippen LogP contribution >= 0.6 is 0 Å². The molecule has 0 unspecified atom stereocenters. The number of non-ortho nitro benzene ring substituents is 1. The van der Waals surface area contributed by atoms with Gasteiger partial charge in [0.15, 0.2) is 0 Å². The summed E-state index contributed by atoms with van der Waals surface area (Å²) in [5.74, 6) is 0.0601. The Bertz CT molecular complexity index is 696. The molecule has 0 aliphatic rings. The molecule has 0 saturated heterocycles. The third kappa shape index (κ3) is 3.81. The van der Waals surface area contributed by atoms with Crippen LogP contribution in [-0.4, -0.2) is 27.7 Å². The highest BCUT2D eigenvalue weighted by Gasteiger charge is 2.12. The van der Waals surface area contributed by atoms with E-state index in [4.69, 9.17) is 4.74 Å². The second kappa shape index (κ2) is 6.70. The molecule has 8 heteroatoms. The van der Waals surface area contributed by atoms with Crippen LogP contribution in [0, 0.1) is 17.0 Å². The van der Waals surface area contributed by atoms with Gasteiger partial charge in [0.05, 0.1) is 23.8 Å². The summed E-state index contributed by atoms with van der Waals surface area (Å²) >= 11 is 0. The van der Waals surface area contributed by atoms with Gasteiger partial charge in [-0.25, -0.2) is 0 Å². The molecule has 0 spiro atoms. The monoisotopic (exact) mass is 304 g/mol. The molecule has 0 bridgehead atoms. The molecule has 2 rings (SSSR count). The lowest BCUT2D eigenvalue weighted by Gasteiger charge is -2.08. The first kappa shape index (κ1) is 15.5. The second-order valence-electron chi connectivity index (χ2n) is 4.67. The van der Waals surface area contributed by atoms with Crippen molar-refractivity contribution >= 4 is 17.3 Å². The van der Waals surface area contributed by atoms with E-state index < -0.39 is 4.92 Å². The van der Waals surface area contributed by atoms with Crippen LogP contribution in [0.4, 0.5) is 11.4 Å². The number of anilines is 1. The standard InChI is InChI=1S/C14H16N4O4/c1-10-3-5-15-17(10)6-4-14(19)16-11-7-12(18(20)21)9-13(8-11)22-2/h3,5,7-9H,4,6H2,1-2H3,(H,16,19). The zero-order valence-electron chi connectivity index (χ0n) is 12.3. The van der Waals surface area contributed by atoms with Gasteiger partial charge >= 0.3 is 0 Å². The molecule has 0 aliphatic heterocycles. The van der Waals surface area contributed by atoms with Crippen molar-refractivity contribution in [3.8, 4) is 5.75 Å². The van der Waals surface area contributed by atoms with E-state index in [-0.39, 0.29) is 18.0 Å². The maximum Gasteiger partial charge on any atom is 0.275 e. The van der Waals surface area contributed by atoms with Crippen molar-refractivity contribution in [1.82, 2.24) is 9.78 Å². The molecule has 2 aromatic rings. The number of nitrogens with zero attached hydrogens (tertiary/aromatic N) is 3. The van der Waals surface area contributed by atoms with Gasteiger partial charge in [-0.15, -0.1) is 0 Å². The molecule has 0 radical (unpaired) electrons. The van der Waals surface area contributed by atoms with Crippen molar-refractivity contribution in [3.05, 3.63) is 46.3 Å². The van der Waals surface area contributed by atoms with E-state index in [0.717, 1.165) is 5.69 Å². The minimum absolute atomic E-state index is 0.141. The Morgan fingerprint density at radius 1 is 1.45 bits per heavy atom. The number of nitro benzene ring substituents is 1. The van der Waals surface area contributed by atoms with Crippen LogP contribution in [0.1, 0.15) is 12.1 Å². The Labute approximate surface area is 126 Å². The maximum atomic E-state index is 11.9. The number of methoxy groups -OCH3 is 1. The number of carbonyl (C=O) groups excluding carboxylic acids is 1. The lowest BCUT2D eigenvalue weighted by atomic mass is 10.2. The van der Waals surface area contributed by atoms with Crippen LogP contribution in [0.25, 0.3) is 0 Å². The summed E-state index contributed by atoms with van der Waals surface area (Å²) in [6.07, 6.45) is 1.88. The minimum Gasteiger partial charge on any atom is -0.496 e. The van der Waals surface area contributed by atoms with Crippen molar-refractivity contribution in [1.29, 1.82) is 0 Å². The van der Waals surface area contributed by atoms with E-state index in [1.54, 1.807) is 10.9 Å². The summed E-state index contributed by atoms with van der Waals surface area (Å²) in [5, 5.41) is 17.6. The number of benzene rings is 1. The van der Waals surface area contributed by atoms with Crippen molar-refractivity contribution in [2.45, 2.75) is 19.9 Å². The quantitative estimate of drug-likeness (QED) is 0.651. The molecule has 0 atom stereocenters. The zero-order chi connectivity index (χ0) is 16.1. The van der Waals surface area contributed by atoms with E-state index in [2.05, 4.69) is 10.4 Å². The van der Waals surface area contributed by atoms with Crippen molar-refractivity contribution < 1.29 is 14.5 Å². The Balaban J connectivity index is 2.03. The number of nitro groups is 1. The predicted octanol–water partition coefficient (Wildman–Crippen LogP) is 2.14. The van der Waals surface area contributed by atoms with Crippen LogP contribution < -0.4 is 10.1 Å². The van der Waals surface area contributed by atoms with Crippen molar-refractivity contribution in [2.24, 2.45) is 0 Å². The molecule has 1 heterocycles. The number of ether oxygens (including phenoxy) is 1. The van der Waals surface area contributed by atoms with Crippen molar-refractivity contribution in [2.75, 3.05) is 12.4 Å². The number of nitrogens with one attached hydrogen (secondary N) is 1. The molecule has 0 saturated carbocycles. The highest BCUT2D eigenvalue weighted by Crippen LogP contribution is 2.25. The first-order chi connectivity index (χ1) is 10.5. The van der Waals surface area contributed by atoms with Gasteiger partial charge in [-0.2, -0.15) is 5.10 Å². The first-order valence-corrected chi connectivity index (χ1v) is 6.61. The van der Waals surface area contributed by atoms with Crippen LogP contribution in [0.2, 0.25) is 0 Å². The van der Waals surface area contributed by atoms with Crippen LogP contribution in [0.3, 0.4) is 0 Å². The molecule has 1 N–H and O–H groups in total. The third-order valence-corrected chi connectivity index (χ3v) is 3.10. The van der Waals surface area contributed by atoms with Crippen LogP contribution in [0.15, 0.2) is 30.5 Å². The van der Waals surface area contributed by atoms with Gasteiger partial charge in [0.2, 0.25) is 5.91 Å². The molecule has 0 fully saturated rings. The molecular formula is C14H16N4O4. The summed E-state index contributed by atoms with van der Waals surface area (Å²) in [4.78, 5) is 22.3. The average molecular weight is 304 g/mol. The number of aromatic nitrogens is 2. The fourth-order valence-electron chi connectivity index (χ4n) is 1.94. The Morgan fingerprint density at radius 3 is 2.82 bits per heavy atom. The lowest BCUT2D eigenvalue weighted by molar-refractivity contribution is -0.384. The van der Waals surface area contributed by atoms with Gasteiger partial charge in [-0.1, -0.05) is 0 Å². The van der Waals surface area contributed by atoms with Crippen LogP contribution in [0.5, 0.6) is 5.75 Å². The largest absolute Gasteiger partial charge is 0.496 e. The highest BCUT2D eigenvalue weighted by atomic mass is 16.6. The van der Waals surface area contributed by atoms with Gasteiger partial charge in [-0.05, 0) is 13.0 Å². The summed E-state index contributed by atoms with van der Waals surface area (Å²) < 4.78 is 6.71. The maximum absolute atomic E-state index is 11.9. The Kier molecular flexibility index (Phi) is 4.72. The number of aryl methyl sites for hydroxylation is 2. The van der Waals surface area contributed by atoms with E-state index >= 15 is 0 Å². The topological polar surface area (TPSA) is 99.3 Å². The van der Waals surface area contributed by atoms with E-state index in [1.165, 1.54) is 25.3 Å². The zero-order valence-corrected chi connectivity index (χ0v) is 12.3. The van der Waals surface area contributed by atoms with Crippen LogP contribution in [-0.2, 0) is 11.3 Å². The molecule has 0 aliphatic carbocycles. The number of rotatable bonds is 6. The van der Waals surface area contributed by atoms with E-state index in [1.807, 2.05) is 13.0 Å². The number of hydrogen-bond acceptors (Lipinski definition) is 5. The first-order valence-electron chi connectivity index (χ1n) is 6.61. The minimum atomic E-state index is -0.536. The fraction of sp³-hybridized carbons (Fsp3) is 0.286. The van der Waals surface area contributed by atoms with E-state index in [0.29, 0.717) is 18.0 Å². The number of hydrogen-bond donors (Lipinski definition) is 1. The molecular weight excluding hydrogens is 288 g/mol. The SMILES string of the molecule is COc1cc(NC(=O)CCn2nccc2C)cc([N+](=O)[O-])c1. The van der Waals surface area contributed by atoms with Gasteiger partial charge in [0, 0.05) is 37.0 Å². The predicted molar refractivity (Wildman–Crippen MR) is 79.9 cm³/mol. The van der Waals surface area contributed by atoms with Gasteiger partial charge in [-0.3, -0.25) is 19.6 Å². The third-order valence-electron chi connectivity index (χ3n) is 3.10. The average Bonchev–Trinajstić information content (AvgIpc) is 2.90. The summed E-state index contributed by atoms with van der Waals surface area (Å²) in [7, 11) is 1.41. The highest BCUT2D eigenvalue weighted by molar-refractivity contribution is 5.91. The van der Waals surface area contributed by atoms with Gasteiger partial charge in [0.1, 0.15) is 5.75 Å². The lowest BCUT2D eigenvalue weighted by Crippen LogP contribution is -2.15. The van der Waals surface area contributed by atoms with E-state index in [9.17, 15) is 14.9 Å². The van der Waals surface area contributed by atoms with Gasteiger partial charge in [0.25, 0.3) is 5.69 Å². The second-order valence-corrected chi connectivity index (χ2v) is 4.67. The molecule has 1 aromatic heterocycles. The summed E-state index contributed by atoms with van der Waals surface area (Å²) in [5.41, 5.74) is 1.15. The normalized spacial score (nSPS) is 10.3. The Morgan fingerprint density at radius 2 is 2.23 bits per heavy atom. The number of amides is 1. The fourth-order valence-corrected chi connectivity index (χ4v) is 1.94. The summed E-state index contributed by atoms with van der Waals surface area (Å²) in [6, 6.07) is 5.97. The number of carbonyl (C=O) groups is 1. The molecule has 1 amide bonds. The summed E-state index contributed by atoms with van der Waals surface area (Å²) in [6.45, 7) is 2.34.